The van der Waals surface area contributed by atoms with E-state index >= 15 is 0 Å². The van der Waals surface area contributed by atoms with Crippen LogP contribution >= 0.6 is 11.6 Å². The quantitative estimate of drug-likeness (QED) is 0.765. The summed E-state index contributed by atoms with van der Waals surface area (Å²) in [6.45, 7) is 3.38. The van der Waals surface area contributed by atoms with E-state index in [0.29, 0.717) is 17.9 Å². The number of benzene rings is 1. The number of sulfonamides is 2. The molecular formula is C17H25ClN2O4S2. The van der Waals surface area contributed by atoms with Gasteiger partial charge >= 0.3 is 0 Å². The van der Waals surface area contributed by atoms with E-state index in [2.05, 4.69) is 9.44 Å². The lowest BCUT2D eigenvalue weighted by Gasteiger charge is -2.28. The van der Waals surface area contributed by atoms with Gasteiger partial charge in [0.05, 0.1) is 9.92 Å². The van der Waals surface area contributed by atoms with Gasteiger partial charge in [0, 0.05) is 12.1 Å². The molecule has 0 amide bonds. The Labute approximate surface area is 160 Å². The van der Waals surface area contributed by atoms with Gasteiger partial charge in [-0.2, -0.15) is 0 Å². The summed E-state index contributed by atoms with van der Waals surface area (Å²) in [5, 5.41) is 0.0496. The van der Waals surface area contributed by atoms with Gasteiger partial charge in [0.15, 0.2) is 0 Å². The molecule has 6 nitrogen and oxygen atoms in total. The summed E-state index contributed by atoms with van der Waals surface area (Å²) in [6, 6.07) is 2.18. The number of halogens is 1. The summed E-state index contributed by atoms with van der Waals surface area (Å²) in [7, 11) is -7.64. The first-order chi connectivity index (χ1) is 12.1. The maximum Gasteiger partial charge on any atom is 0.242 e. The highest BCUT2D eigenvalue weighted by molar-refractivity contribution is 7.90. The second-order valence-corrected chi connectivity index (χ2v) is 11.3. The summed E-state index contributed by atoms with van der Waals surface area (Å²) < 4.78 is 55.5. The van der Waals surface area contributed by atoms with Crippen LogP contribution < -0.4 is 9.44 Å². The van der Waals surface area contributed by atoms with Gasteiger partial charge < -0.3 is 0 Å². The Morgan fingerprint density at radius 1 is 1.27 bits per heavy atom. The van der Waals surface area contributed by atoms with Crippen molar-refractivity contribution in [2.75, 3.05) is 0 Å². The number of rotatable bonds is 5. The zero-order chi connectivity index (χ0) is 19.1. The molecule has 146 valence electrons. The number of nitrogens with one attached hydrogen (secondary N) is 2. The molecule has 0 radical (unpaired) electrons. The molecule has 0 bridgehead atoms. The van der Waals surface area contributed by atoms with Crippen molar-refractivity contribution >= 4 is 31.6 Å². The summed E-state index contributed by atoms with van der Waals surface area (Å²) in [5.74, 6) is 0.551. The molecule has 1 fully saturated rings. The standard InChI is InChI=1S/C17H25ClN2O4S2/c1-11(2)19-26(23,24)17-10-16-13(9-15(17)18)8-14(20-25(16,21)22)7-12-5-3-4-6-12/h9-12,14,19-20H,3-8H2,1-2H3. The molecule has 1 atom stereocenters. The van der Waals surface area contributed by atoms with Crippen LogP contribution in [0.4, 0.5) is 0 Å². The average Bonchev–Trinajstić information content (AvgIpc) is 2.96. The molecule has 1 aromatic rings. The minimum atomic E-state index is -3.88. The molecule has 1 unspecified atom stereocenters. The Morgan fingerprint density at radius 2 is 1.92 bits per heavy atom. The average molecular weight is 421 g/mol. The van der Waals surface area contributed by atoms with E-state index in [-0.39, 0.29) is 26.9 Å². The third-order valence-electron chi connectivity index (χ3n) is 4.97. The molecule has 9 heteroatoms. The topological polar surface area (TPSA) is 92.3 Å². The van der Waals surface area contributed by atoms with Crippen molar-refractivity contribution in [2.24, 2.45) is 5.92 Å². The van der Waals surface area contributed by atoms with Crippen LogP contribution in [0.5, 0.6) is 0 Å². The maximum atomic E-state index is 12.7. The smallest absolute Gasteiger partial charge is 0.209 e. The van der Waals surface area contributed by atoms with Gasteiger partial charge in [0.25, 0.3) is 0 Å². The highest BCUT2D eigenvalue weighted by atomic mass is 35.5. The summed E-state index contributed by atoms with van der Waals surface area (Å²) >= 11 is 6.21. The van der Waals surface area contributed by atoms with Crippen molar-refractivity contribution in [3.05, 3.63) is 22.7 Å². The first-order valence-electron chi connectivity index (χ1n) is 8.95. The van der Waals surface area contributed by atoms with Crippen LogP contribution in [0.25, 0.3) is 0 Å². The molecule has 0 saturated heterocycles. The van der Waals surface area contributed by atoms with Gasteiger partial charge in [0.2, 0.25) is 20.0 Å². The Balaban J connectivity index is 1.94. The third kappa shape index (κ3) is 4.25. The molecule has 1 heterocycles. The molecule has 2 aliphatic rings. The molecule has 0 spiro atoms. The molecular weight excluding hydrogens is 396 g/mol. The zero-order valence-electron chi connectivity index (χ0n) is 15.0. The molecule has 26 heavy (non-hydrogen) atoms. The van der Waals surface area contributed by atoms with Gasteiger partial charge in [-0.15, -0.1) is 0 Å². The van der Waals surface area contributed by atoms with Crippen molar-refractivity contribution in [3.63, 3.8) is 0 Å². The number of hydrogen-bond donors (Lipinski definition) is 2. The predicted octanol–water partition coefficient (Wildman–Crippen LogP) is 2.81. The Morgan fingerprint density at radius 3 is 2.54 bits per heavy atom. The molecule has 1 aliphatic carbocycles. The fourth-order valence-electron chi connectivity index (χ4n) is 3.94. The van der Waals surface area contributed by atoms with E-state index in [4.69, 9.17) is 11.6 Å². The van der Waals surface area contributed by atoms with Gasteiger partial charge in [-0.25, -0.2) is 26.3 Å². The second kappa shape index (κ2) is 7.39. The largest absolute Gasteiger partial charge is 0.242 e. The lowest BCUT2D eigenvalue weighted by atomic mass is 9.94. The van der Waals surface area contributed by atoms with Crippen LogP contribution in [-0.4, -0.2) is 28.9 Å². The lowest BCUT2D eigenvalue weighted by Crippen LogP contribution is -2.42. The minimum Gasteiger partial charge on any atom is -0.209 e. The van der Waals surface area contributed by atoms with Crippen LogP contribution in [0.3, 0.4) is 0 Å². The number of fused-ring (bicyclic) bond motifs is 1. The Hall–Kier alpha value is -0.670. The summed E-state index contributed by atoms with van der Waals surface area (Å²) in [6.07, 6.45) is 6.04. The maximum absolute atomic E-state index is 12.7. The molecule has 2 N–H and O–H groups in total. The van der Waals surface area contributed by atoms with E-state index in [9.17, 15) is 16.8 Å². The molecule has 3 rings (SSSR count). The zero-order valence-corrected chi connectivity index (χ0v) is 17.3. The van der Waals surface area contributed by atoms with Gasteiger partial charge in [-0.05, 0) is 50.3 Å². The van der Waals surface area contributed by atoms with Crippen LogP contribution in [0.2, 0.25) is 5.02 Å². The van der Waals surface area contributed by atoms with Crippen LogP contribution in [0, 0.1) is 5.92 Å². The lowest BCUT2D eigenvalue weighted by molar-refractivity contribution is 0.409. The van der Waals surface area contributed by atoms with E-state index < -0.39 is 20.0 Å². The van der Waals surface area contributed by atoms with E-state index in [0.717, 1.165) is 19.3 Å². The summed E-state index contributed by atoms with van der Waals surface area (Å²) in [5.41, 5.74) is 0.584. The first kappa shape index (κ1) is 20.1. The second-order valence-electron chi connectivity index (χ2n) is 7.57. The van der Waals surface area contributed by atoms with Crippen LogP contribution in [0.1, 0.15) is 51.5 Å². The minimum absolute atomic E-state index is 0.00806. The van der Waals surface area contributed by atoms with Gasteiger partial charge in [-0.1, -0.05) is 37.3 Å². The molecule has 0 aromatic heterocycles. The van der Waals surface area contributed by atoms with Crippen molar-refractivity contribution in [1.29, 1.82) is 0 Å². The Bertz CT molecular complexity index is 892. The van der Waals surface area contributed by atoms with Gasteiger partial charge in [0.1, 0.15) is 4.90 Å². The molecule has 1 aromatic carbocycles. The number of hydrogen-bond acceptors (Lipinski definition) is 4. The van der Waals surface area contributed by atoms with E-state index in [1.807, 2.05) is 0 Å². The normalized spacial score (nSPS) is 23.3. The Kier molecular flexibility index (Phi) is 5.71. The molecule has 1 aliphatic heterocycles. The highest BCUT2D eigenvalue weighted by Gasteiger charge is 2.34. The fraction of sp³-hybridized carbons (Fsp3) is 0.647. The third-order valence-corrected chi connectivity index (χ3v) is 8.69. The van der Waals surface area contributed by atoms with Crippen molar-refractivity contribution in [2.45, 2.75) is 74.2 Å². The van der Waals surface area contributed by atoms with Crippen molar-refractivity contribution in [1.82, 2.24) is 9.44 Å². The first-order valence-corrected chi connectivity index (χ1v) is 12.3. The van der Waals surface area contributed by atoms with Crippen molar-refractivity contribution in [3.8, 4) is 0 Å². The highest BCUT2D eigenvalue weighted by Crippen LogP contribution is 2.35. The summed E-state index contributed by atoms with van der Waals surface area (Å²) in [4.78, 5) is -0.195. The molecule has 1 saturated carbocycles. The van der Waals surface area contributed by atoms with Crippen LogP contribution in [-0.2, 0) is 26.5 Å². The predicted molar refractivity (Wildman–Crippen MR) is 101 cm³/mol. The van der Waals surface area contributed by atoms with E-state index in [1.165, 1.54) is 25.0 Å². The van der Waals surface area contributed by atoms with Gasteiger partial charge in [-0.3, -0.25) is 0 Å². The SMILES string of the molecule is CC(C)NS(=O)(=O)c1cc2c(cc1Cl)CC(CC1CCCC1)NS2(=O)=O. The van der Waals surface area contributed by atoms with E-state index in [1.54, 1.807) is 13.8 Å². The van der Waals surface area contributed by atoms with Crippen molar-refractivity contribution < 1.29 is 16.8 Å². The van der Waals surface area contributed by atoms with Crippen LogP contribution in [0.15, 0.2) is 21.9 Å². The fourth-order valence-corrected chi connectivity index (χ4v) is 7.34. The monoisotopic (exact) mass is 420 g/mol.